The van der Waals surface area contributed by atoms with Crippen molar-refractivity contribution < 1.29 is 0 Å². The molecule has 4 aliphatic rings. The van der Waals surface area contributed by atoms with Crippen LogP contribution in [0.5, 0.6) is 0 Å². The summed E-state index contributed by atoms with van der Waals surface area (Å²) in [5, 5.41) is 5.14. The van der Waals surface area contributed by atoms with Crippen LogP contribution in [0.2, 0.25) is 0 Å². The van der Waals surface area contributed by atoms with Crippen LogP contribution in [0, 0.1) is 17.8 Å². The first-order valence-electron chi connectivity index (χ1n) is 18.3. The maximum Gasteiger partial charge on any atom is 0.0464 e. The van der Waals surface area contributed by atoms with Crippen LogP contribution in [-0.4, -0.2) is 0 Å². The molecule has 7 aromatic carbocycles. The summed E-state index contributed by atoms with van der Waals surface area (Å²) in [6, 6.07) is 58.7. The van der Waals surface area contributed by atoms with Crippen molar-refractivity contribution in [3.63, 3.8) is 0 Å². The minimum Gasteiger partial charge on any atom is -0.310 e. The number of fused-ring (bicyclic) bond motifs is 2. The number of benzene rings is 7. The smallest absolute Gasteiger partial charge is 0.0464 e. The number of rotatable bonds is 6. The summed E-state index contributed by atoms with van der Waals surface area (Å²) < 4.78 is 0. The second-order valence-electron chi connectivity index (χ2n) is 15.2. The fraction of sp³-hybridized carbons (Fsp3) is 0.208. The zero-order valence-corrected chi connectivity index (χ0v) is 27.9. The molecule has 1 heteroatoms. The van der Waals surface area contributed by atoms with Gasteiger partial charge < -0.3 is 4.90 Å². The quantitative estimate of drug-likeness (QED) is 0.176. The van der Waals surface area contributed by atoms with Crippen molar-refractivity contribution in [2.24, 2.45) is 17.8 Å². The van der Waals surface area contributed by atoms with Gasteiger partial charge in [0, 0.05) is 17.1 Å². The van der Waals surface area contributed by atoms with Crippen LogP contribution in [0.3, 0.4) is 0 Å². The lowest BCUT2D eigenvalue weighted by Crippen LogP contribution is -2.48. The lowest BCUT2D eigenvalue weighted by Gasteiger charge is -2.57. The molecule has 0 aliphatic heterocycles. The molecule has 0 N–H and O–H groups in total. The van der Waals surface area contributed by atoms with Gasteiger partial charge in [-0.15, -0.1) is 0 Å². The Kier molecular flexibility index (Phi) is 6.76. The van der Waals surface area contributed by atoms with E-state index in [1.54, 1.807) is 5.56 Å². The highest BCUT2D eigenvalue weighted by molar-refractivity contribution is 5.98. The molecule has 0 aromatic heterocycles. The van der Waals surface area contributed by atoms with E-state index in [0.717, 1.165) is 17.8 Å². The van der Waals surface area contributed by atoms with Crippen LogP contribution in [0.25, 0.3) is 43.8 Å². The molecule has 0 heterocycles. The Labute approximate surface area is 289 Å². The van der Waals surface area contributed by atoms with E-state index in [0.29, 0.717) is 5.41 Å². The number of nitrogens with zero attached hydrogens (tertiary/aromatic N) is 1. The van der Waals surface area contributed by atoms with Gasteiger partial charge in [0.1, 0.15) is 0 Å². The molecule has 0 unspecified atom stereocenters. The first kappa shape index (κ1) is 28.8. The summed E-state index contributed by atoms with van der Waals surface area (Å²) in [5.74, 6) is 2.78. The van der Waals surface area contributed by atoms with E-state index in [1.165, 1.54) is 99.4 Å². The Morgan fingerprint density at radius 3 is 1.37 bits per heavy atom. The molecule has 0 radical (unpaired) electrons. The van der Waals surface area contributed by atoms with E-state index < -0.39 is 0 Å². The van der Waals surface area contributed by atoms with E-state index >= 15 is 0 Å². The molecule has 0 spiro atoms. The molecule has 4 bridgehead atoms. The summed E-state index contributed by atoms with van der Waals surface area (Å²) in [6.45, 7) is 0. The largest absolute Gasteiger partial charge is 0.310 e. The summed E-state index contributed by atoms with van der Waals surface area (Å²) >= 11 is 0. The Morgan fingerprint density at radius 2 is 0.857 bits per heavy atom. The normalized spacial score (nSPS) is 22.5. The summed E-state index contributed by atoms with van der Waals surface area (Å²) in [5.41, 5.74) is 10.6. The molecule has 238 valence electrons. The average Bonchev–Trinajstić information content (AvgIpc) is 3.15. The summed E-state index contributed by atoms with van der Waals surface area (Å²) in [7, 11) is 0. The van der Waals surface area contributed by atoms with Crippen LogP contribution in [0.4, 0.5) is 17.1 Å². The van der Waals surface area contributed by atoms with Gasteiger partial charge in [-0.3, -0.25) is 0 Å². The molecular weight excluding hydrogens is 591 g/mol. The zero-order valence-electron chi connectivity index (χ0n) is 27.9. The molecular formula is C48H41N. The monoisotopic (exact) mass is 631 g/mol. The summed E-state index contributed by atoms with van der Waals surface area (Å²) in [4.78, 5) is 2.48. The highest BCUT2D eigenvalue weighted by atomic mass is 15.1. The first-order valence-corrected chi connectivity index (χ1v) is 18.3. The fourth-order valence-corrected chi connectivity index (χ4v) is 10.4. The SMILES string of the molecule is c1cc(N(c2ccc(-c3cccc4ccccc34)cc2)c2ccc(-c3cccc4ccccc34)cc2)cc(C23CC4CC(CC(C4)C2)C3)c1. The van der Waals surface area contributed by atoms with Gasteiger partial charge in [0.2, 0.25) is 0 Å². The molecule has 7 aromatic rings. The van der Waals surface area contributed by atoms with Gasteiger partial charge >= 0.3 is 0 Å². The van der Waals surface area contributed by atoms with E-state index in [4.69, 9.17) is 0 Å². The molecule has 0 amide bonds. The van der Waals surface area contributed by atoms with Gasteiger partial charge in [-0.2, -0.15) is 0 Å². The van der Waals surface area contributed by atoms with Gasteiger partial charge in [-0.1, -0.05) is 121 Å². The molecule has 4 aliphatic carbocycles. The van der Waals surface area contributed by atoms with Crippen LogP contribution in [-0.2, 0) is 5.41 Å². The maximum absolute atomic E-state index is 2.55. The third-order valence-electron chi connectivity index (χ3n) is 12.2. The number of hydrogen-bond donors (Lipinski definition) is 0. The van der Waals surface area contributed by atoms with Crippen molar-refractivity contribution in [3.8, 4) is 22.3 Å². The second kappa shape index (κ2) is 11.5. The molecule has 4 saturated carbocycles. The number of hydrogen-bond acceptors (Lipinski definition) is 1. The average molecular weight is 632 g/mol. The Balaban J connectivity index is 1.07. The van der Waals surface area contributed by atoms with Gasteiger partial charge in [0.15, 0.2) is 0 Å². The molecule has 49 heavy (non-hydrogen) atoms. The molecule has 1 nitrogen and oxygen atoms in total. The van der Waals surface area contributed by atoms with Crippen molar-refractivity contribution in [3.05, 3.63) is 163 Å². The van der Waals surface area contributed by atoms with Gasteiger partial charge in [0.25, 0.3) is 0 Å². The zero-order chi connectivity index (χ0) is 32.4. The molecule has 0 atom stereocenters. The Morgan fingerprint density at radius 1 is 0.408 bits per heavy atom. The predicted molar refractivity (Wildman–Crippen MR) is 207 cm³/mol. The Bertz CT molecular complexity index is 2140. The number of anilines is 3. The van der Waals surface area contributed by atoms with Crippen LogP contribution in [0.15, 0.2) is 158 Å². The third kappa shape index (κ3) is 4.98. The molecule has 11 rings (SSSR count). The first-order chi connectivity index (χ1) is 24.2. The van der Waals surface area contributed by atoms with E-state index in [9.17, 15) is 0 Å². The van der Waals surface area contributed by atoms with Crippen molar-refractivity contribution >= 4 is 38.6 Å². The second-order valence-corrected chi connectivity index (χ2v) is 15.2. The standard InChI is InChI=1S/C48H41N/c1-3-14-44-36(8-1)10-5-16-46(44)38-18-22-41(23-19-38)49(42-24-20-39(21-25-42)47-17-6-11-37-9-2-4-15-45(37)47)43-13-7-12-40(29-43)48-30-33-26-34(31-48)28-35(27-33)32-48/h1-25,29,33-35H,26-28,30-32H2. The molecule has 0 saturated heterocycles. The lowest BCUT2D eigenvalue weighted by molar-refractivity contribution is -0.00516. The highest BCUT2D eigenvalue weighted by Crippen LogP contribution is 2.61. The van der Waals surface area contributed by atoms with Crippen molar-refractivity contribution in [1.82, 2.24) is 0 Å². The van der Waals surface area contributed by atoms with Crippen LogP contribution >= 0.6 is 0 Å². The van der Waals surface area contributed by atoms with Gasteiger partial charge in [-0.05, 0) is 147 Å². The molecule has 4 fully saturated rings. The van der Waals surface area contributed by atoms with Crippen LogP contribution in [0.1, 0.15) is 44.1 Å². The van der Waals surface area contributed by atoms with Crippen LogP contribution < -0.4 is 4.90 Å². The van der Waals surface area contributed by atoms with E-state index in [2.05, 4.69) is 163 Å². The predicted octanol–water partition coefficient (Wildman–Crippen LogP) is 13.3. The van der Waals surface area contributed by atoms with Crippen molar-refractivity contribution in [1.29, 1.82) is 0 Å². The highest BCUT2D eigenvalue weighted by Gasteiger charge is 2.51. The minimum atomic E-state index is 0.354. The van der Waals surface area contributed by atoms with Gasteiger partial charge in [0.05, 0.1) is 0 Å². The third-order valence-corrected chi connectivity index (χ3v) is 12.2. The topological polar surface area (TPSA) is 3.24 Å². The van der Waals surface area contributed by atoms with E-state index in [-0.39, 0.29) is 0 Å². The fourth-order valence-electron chi connectivity index (χ4n) is 10.4. The minimum absolute atomic E-state index is 0.354. The van der Waals surface area contributed by atoms with Crippen molar-refractivity contribution in [2.45, 2.75) is 43.9 Å². The lowest BCUT2D eigenvalue weighted by atomic mass is 9.48. The Hall–Kier alpha value is -5.14. The van der Waals surface area contributed by atoms with Crippen molar-refractivity contribution in [2.75, 3.05) is 4.90 Å². The maximum atomic E-state index is 2.55. The van der Waals surface area contributed by atoms with E-state index in [1.807, 2.05) is 0 Å². The summed E-state index contributed by atoms with van der Waals surface area (Å²) in [6.07, 6.45) is 8.54. The van der Waals surface area contributed by atoms with Gasteiger partial charge in [-0.25, -0.2) is 0 Å².